The Morgan fingerprint density at radius 3 is 2.83 bits per heavy atom. The van der Waals surface area contributed by atoms with Gasteiger partial charge < -0.3 is 15.0 Å². The molecule has 4 rings (SSSR count). The molecule has 7 nitrogen and oxygen atoms in total. The van der Waals surface area contributed by atoms with Crippen molar-refractivity contribution in [3.05, 3.63) is 47.2 Å². The predicted octanol–water partition coefficient (Wildman–Crippen LogP) is 3.04. The lowest BCUT2D eigenvalue weighted by molar-refractivity contribution is -0.110. The van der Waals surface area contributed by atoms with E-state index in [1.807, 2.05) is 24.3 Å². The number of rotatable bonds is 7. The number of nitrogens with zero attached hydrogens (tertiary/aromatic N) is 3. The zero-order chi connectivity index (χ0) is 20.4. The van der Waals surface area contributed by atoms with E-state index in [1.54, 1.807) is 4.90 Å². The van der Waals surface area contributed by atoms with Crippen LogP contribution < -0.4 is 5.32 Å². The summed E-state index contributed by atoms with van der Waals surface area (Å²) in [6, 6.07) is 5.80. The highest BCUT2D eigenvalue weighted by Gasteiger charge is 2.27. The quantitative estimate of drug-likeness (QED) is 0.722. The maximum absolute atomic E-state index is 12.5. The second-order valence-corrected chi connectivity index (χ2v) is 7.40. The van der Waals surface area contributed by atoms with Crippen molar-refractivity contribution in [1.29, 1.82) is 0 Å². The molecular weight excluding hydrogens is 368 g/mol. The van der Waals surface area contributed by atoms with Crippen LogP contribution in [-0.4, -0.2) is 60.3 Å². The van der Waals surface area contributed by atoms with Gasteiger partial charge in [-0.1, -0.05) is 26.0 Å². The minimum Gasteiger partial charge on any atom is -0.448 e. The molecule has 0 bridgehead atoms. The van der Waals surface area contributed by atoms with Gasteiger partial charge in [0.05, 0.1) is 17.8 Å². The van der Waals surface area contributed by atoms with Crippen LogP contribution in [0.3, 0.4) is 0 Å². The molecule has 0 radical (unpaired) electrons. The number of hydrogen-bond donors (Lipinski definition) is 1. The molecule has 1 N–H and O–H groups in total. The molecule has 0 atom stereocenters. The summed E-state index contributed by atoms with van der Waals surface area (Å²) < 4.78 is 4.99. The molecule has 2 amide bonds. The molecule has 3 aliphatic rings. The van der Waals surface area contributed by atoms with Crippen LogP contribution in [0, 0.1) is 0 Å². The van der Waals surface area contributed by atoms with E-state index in [0.29, 0.717) is 25.3 Å². The Morgan fingerprint density at radius 2 is 2.10 bits per heavy atom. The van der Waals surface area contributed by atoms with Crippen molar-refractivity contribution < 1.29 is 14.3 Å². The highest BCUT2D eigenvalue weighted by Crippen LogP contribution is 2.34. The summed E-state index contributed by atoms with van der Waals surface area (Å²) in [4.78, 5) is 33.0. The summed E-state index contributed by atoms with van der Waals surface area (Å²) in [7, 11) is 0. The molecule has 29 heavy (non-hydrogen) atoms. The molecule has 1 saturated heterocycles. The zero-order valence-electron chi connectivity index (χ0n) is 16.9. The van der Waals surface area contributed by atoms with Crippen molar-refractivity contribution in [2.75, 3.05) is 38.1 Å². The van der Waals surface area contributed by atoms with E-state index in [9.17, 15) is 9.59 Å². The molecule has 1 aromatic carbocycles. The first-order valence-corrected chi connectivity index (χ1v) is 10.1. The number of anilines is 1. The monoisotopic (exact) mass is 394 g/mol. The van der Waals surface area contributed by atoms with E-state index in [4.69, 9.17) is 9.73 Å². The Balaban J connectivity index is 1.54. The van der Waals surface area contributed by atoms with Crippen molar-refractivity contribution in [1.82, 2.24) is 9.80 Å². The third kappa shape index (κ3) is 4.10. The van der Waals surface area contributed by atoms with Gasteiger partial charge in [-0.15, -0.1) is 0 Å². The van der Waals surface area contributed by atoms with E-state index in [1.165, 1.54) is 0 Å². The Hall–Kier alpha value is -2.93. The number of ether oxygens (including phenoxy) is 1. The van der Waals surface area contributed by atoms with Gasteiger partial charge in [-0.05, 0) is 36.9 Å². The number of benzene rings is 1. The van der Waals surface area contributed by atoms with Gasteiger partial charge in [0, 0.05) is 36.5 Å². The van der Waals surface area contributed by atoms with Crippen LogP contribution in [0.2, 0.25) is 0 Å². The topological polar surface area (TPSA) is 74.2 Å². The van der Waals surface area contributed by atoms with Crippen LogP contribution in [0.4, 0.5) is 10.5 Å². The van der Waals surface area contributed by atoms with Crippen LogP contribution in [-0.2, 0) is 16.1 Å². The van der Waals surface area contributed by atoms with E-state index < -0.39 is 0 Å². The normalized spacial score (nSPS) is 19.6. The fraction of sp³-hybridized carbons (Fsp3) is 0.409. The first-order valence-electron chi connectivity index (χ1n) is 10.1. The number of hydrogen-bond acceptors (Lipinski definition) is 5. The fourth-order valence-corrected chi connectivity index (χ4v) is 3.81. The first-order chi connectivity index (χ1) is 14.1. The van der Waals surface area contributed by atoms with Crippen LogP contribution in [0.15, 0.2) is 41.0 Å². The molecule has 7 heteroatoms. The summed E-state index contributed by atoms with van der Waals surface area (Å²) in [5.74, 6) is -0.119. The molecule has 3 heterocycles. The molecule has 0 aliphatic carbocycles. The van der Waals surface area contributed by atoms with Gasteiger partial charge in [-0.25, -0.2) is 4.79 Å². The zero-order valence-corrected chi connectivity index (χ0v) is 16.9. The SMILES string of the molecule is CCN(CC)CC1=NC(C=C2C(=O)Nc3ccc(CN4CCOC4=O)cc32)=CC1. The fourth-order valence-electron chi connectivity index (χ4n) is 3.81. The summed E-state index contributed by atoms with van der Waals surface area (Å²) in [5, 5.41) is 2.92. The Labute approximate surface area is 170 Å². The van der Waals surface area contributed by atoms with E-state index >= 15 is 0 Å². The van der Waals surface area contributed by atoms with Crippen LogP contribution >= 0.6 is 0 Å². The number of amides is 2. The van der Waals surface area contributed by atoms with Gasteiger partial charge in [0.2, 0.25) is 0 Å². The minimum absolute atomic E-state index is 0.119. The first kappa shape index (κ1) is 19.4. The number of nitrogens with one attached hydrogen (secondary N) is 1. The van der Waals surface area contributed by atoms with Crippen LogP contribution in [0.1, 0.15) is 31.4 Å². The predicted molar refractivity (Wildman–Crippen MR) is 113 cm³/mol. The molecule has 0 aromatic heterocycles. The van der Waals surface area contributed by atoms with Gasteiger partial charge in [0.1, 0.15) is 6.61 Å². The second kappa shape index (κ2) is 8.21. The van der Waals surface area contributed by atoms with Crippen molar-refractivity contribution in [3.8, 4) is 0 Å². The van der Waals surface area contributed by atoms with Gasteiger partial charge in [0.15, 0.2) is 0 Å². The van der Waals surface area contributed by atoms with E-state index in [0.717, 1.165) is 54.3 Å². The lowest BCUT2D eigenvalue weighted by Crippen LogP contribution is -2.28. The lowest BCUT2D eigenvalue weighted by Gasteiger charge is -2.17. The number of carbonyl (C=O) groups is 2. The number of cyclic esters (lactones) is 1. The number of carbonyl (C=O) groups excluding carboxylic acids is 2. The summed E-state index contributed by atoms with van der Waals surface area (Å²) >= 11 is 0. The average molecular weight is 394 g/mol. The molecule has 0 spiro atoms. The second-order valence-electron chi connectivity index (χ2n) is 7.40. The van der Waals surface area contributed by atoms with Gasteiger partial charge in [0.25, 0.3) is 5.91 Å². The number of fused-ring (bicyclic) bond motifs is 1. The van der Waals surface area contributed by atoms with Crippen LogP contribution in [0.25, 0.3) is 5.57 Å². The van der Waals surface area contributed by atoms with Crippen molar-refractivity contribution in [3.63, 3.8) is 0 Å². The molecular formula is C22H26N4O3. The third-order valence-corrected chi connectivity index (χ3v) is 5.51. The highest BCUT2D eigenvalue weighted by molar-refractivity contribution is 6.32. The summed E-state index contributed by atoms with van der Waals surface area (Å²) in [6.07, 6.45) is 4.47. The number of aliphatic imine (C=N–C) groups is 1. The molecule has 0 unspecified atom stereocenters. The minimum atomic E-state index is -0.290. The maximum atomic E-state index is 12.5. The van der Waals surface area contributed by atoms with Gasteiger partial charge in [-0.3, -0.25) is 14.7 Å². The van der Waals surface area contributed by atoms with Crippen LogP contribution in [0.5, 0.6) is 0 Å². The molecule has 1 fully saturated rings. The summed E-state index contributed by atoms with van der Waals surface area (Å²) in [5.41, 5.74) is 5.19. The molecule has 152 valence electrons. The summed E-state index contributed by atoms with van der Waals surface area (Å²) in [6.45, 7) is 8.63. The van der Waals surface area contributed by atoms with Crippen molar-refractivity contribution in [2.24, 2.45) is 4.99 Å². The van der Waals surface area contributed by atoms with Gasteiger partial charge in [-0.2, -0.15) is 0 Å². The number of allylic oxidation sites excluding steroid dienone is 2. The lowest BCUT2D eigenvalue weighted by atomic mass is 10.0. The highest BCUT2D eigenvalue weighted by atomic mass is 16.6. The Bertz CT molecular complexity index is 928. The van der Waals surface area contributed by atoms with Crippen molar-refractivity contribution >= 4 is 29.0 Å². The average Bonchev–Trinajstić information content (AvgIpc) is 3.41. The van der Waals surface area contributed by atoms with Crippen molar-refractivity contribution in [2.45, 2.75) is 26.8 Å². The van der Waals surface area contributed by atoms with E-state index in [-0.39, 0.29) is 12.0 Å². The molecule has 3 aliphatic heterocycles. The largest absolute Gasteiger partial charge is 0.448 e. The van der Waals surface area contributed by atoms with E-state index in [2.05, 4.69) is 30.1 Å². The Kier molecular flexibility index (Phi) is 5.49. The maximum Gasteiger partial charge on any atom is 0.410 e. The van der Waals surface area contributed by atoms with Gasteiger partial charge >= 0.3 is 6.09 Å². The third-order valence-electron chi connectivity index (χ3n) is 5.51. The molecule has 1 aromatic rings. The standard InChI is InChI=1S/C22H26N4O3/c1-3-25(4-2)14-17-7-6-16(23-17)12-19-18-11-15(5-8-20(18)24-21(19)27)13-26-9-10-29-22(26)28/h5-6,8,11-12H,3-4,7,9-10,13-14H2,1-2H3,(H,24,27). The smallest absolute Gasteiger partial charge is 0.410 e. The molecule has 0 saturated carbocycles. The Morgan fingerprint density at radius 1 is 1.28 bits per heavy atom.